The van der Waals surface area contributed by atoms with Crippen LogP contribution in [0.5, 0.6) is 0 Å². The number of imidazole rings is 1. The average molecular weight is 564 g/mol. The topological polar surface area (TPSA) is 180 Å². The molecule has 12 nitrogen and oxygen atoms in total. The number of aromatic nitrogens is 4. The van der Waals surface area contributed by atoms with Crippen LogP contribution >= 0.6 is 7.82 Å². The predicted molar refractivity (Wildman–Crippen MR) is 72.1 cm³/mol. The first-order valence-corrected chi connectivity index (χ1v) is 7.93. The number of nitrogens with zero attached hydrogens (tertiary/aromatic N) is 3. The number of rotatable bonds is 4. The molecule has 0 aliphatic carbocycles. The number of hydrogen-bond acceptors (Lipinski definition) is 8. The molecule has 4 atom stereocenters. The van der Waals surface area contributed by atoms with E-state index in [0.717, 1.165) is 6.33 Å². The maximum Gasteiger partial charge on any atom is 0.469 e. The monoisotopic (exact) mass is 562 g/mol. The summed E-state index contributed by atoms with van der Waals surface area (Å²) in [5.74, 6) is 0. The molecule has 0 aromatic carbocycles. The van der Waals surface area contributed by atoms with E-state index in [-0.39, 0.29) is 55.9 Å². The normalized spacial score (nSPS) is 26.2. The molecule has 1 aliphatic rings. The van der Waals surface area contributed by atoms with Crippen molar-refractivity contribution in [3.05, 3.63) is 23.0 Å². The Bertz CT molecular complexity index is 825. The summed E-state index contributed by atoms with van der Waals surface area (Å²) in [6.07, 6.45) is -2.85. The van der Waals surface area contributed by atoms with E-state index >= 15 is 0 Å². The number of nitrogens with one attached hydrogen (secondary N) is 1. The van der Waals surface area contributed by atoms with E-state index < -0.39 is 44.5 Å². The van der Waals surface area contributed by atoms with Crippen molar-refractivity contribution in [2.24, 2.45) is 0 Å². The zero-order valence-corrected chi connectivity index (χ0v) is 15.8. The van der Waals surface area contributed by atoms with Crippen molar-refractivity contribution < 1.29 is 78.6 Å². The van der Waals surface area contributed by atoms with Gasteiger partial charge in [-0.1, -0.05) is 0 Å². The number of ether oxygens (including phenoxy) is 1. The Morgan fingerprint density at radius 1 is 1.28 bits per heavy atom. The first-order chi connectivity index (χ1) is 10.8. The number of aromatic amines is 1. The van der Waals surface area contributed by atoms with Gasteiger partial charge in [-0.15, -0.1) is 0 Å². The second kappa shape index (κ2) is 8.67. The molecule has 1 saturated heterocycles. The molecule has 5 N–H and O–H groups in total. The van der Waals surface area contributed by atoms with Gasteiger partial charge in [0.1, 0.15) is 18.3 Å². The van der Waals surface area contributed by atoms with Crippen molar-refractivity contribution in [3.63, 3.8) is 0 Å². The first-order valence-electron chi connectivity index (χ1n) is 6.40. The number of phosphoric acid groups is 1. The van der Waals surface area contributed by atoms with Gasteiger partial charge >= 0.3 is 7.82 Å². The average Bonchev–Trinajstić information content (AvgIpc) is 3.01. The van der Waals surface area contributed by atoms with Crippen LogP contribution < -0.4 is 5.56 Å². The molecule has 0 amide bonds. The van der Waals surface area contributed by atoms with E-state index in [1.807, 2.05) is 0 Å². The Labute approximate surface area is 170 Å². The van der Waals surface area contributed by atoms with E-state index in [1.165, 1.54) is 10.9 Å². The molecule has 15 heteroatoms. The summed E-state index contributed by atoms with van der Waals surface area (Å²) >= 11 is 0. The van der Waals surface area contributed by atoms with Crippen LogP contribution in [-0.2, 0) is 58.6 Å². The number of phosphoric ester groups is 1. The van der Waals surface area contributed by atoms with Crippen molar-refractivity contribution in [1.82, 2.24) is 19.5 Å². The molecule has 25 heavy (non-hydrogen) atoms. The van der Waals surface area contributed by atoms with Gasteiger partial charge in [-0.25, -0.2) is 14.5 Å². The molecule has 1 aliphatic heterocycles. The van der Waals surface area contributed by atoms with Crippen LogP contribution in [-0.4, -0.2) is 64.4 Å². The molecule has 0 bridgehead atoms. The molecule has 3 rings (SSSR count). The Morgan fingerprint density at radius 3 is 2.60 bits per heavy atom. The fourth-order valence-corrected chi connectivity index (χ4v) is 2.66. The Kier molecular flexibility index (Phi) is 7.93. The molecule has 2 aromatic heterocycles. The van der Waals surface area contributed by atoms with E-state index in [2.05, 4.69) is 19.5 Å². The van der Waals surface area contributed by atoms with E-state index in [0.29, 0.717) is 0 Å². The molecule has 1 fully saturated rings. The van der Waals surface area contributed by atoms with Gasteiger partial charge in [-0.2, -0.15) is 0 Å². The molecule has 2 aromatic rings. The van der Waals surface area contributed by atoms with Gasteiger partial charge in [0.05, 0.1) is 19.3 Å². The van der Waals surface area contributed by atoms with Gasteiger partial charge in [0.25, 0.3) is 5.56 Å². The molecule has 2 unspecified atom stereocenters. The maximum atomic E-state index is 11.6. The minimum atomic E-state index is -4.74. The molecule has 148 valence electrons. The molecule has 2 radical (unpaired) electrons. The standard InChI is InChI=1S/C10H13N4O8P.2Ag/c15-6-4(1-21-23(18,19)20)22-10(7(6)16)14-3-13-5-8(14)11-2-12-9(5)17;;/h2-4,6-7,10,15-16H,1H2,(H,11,12,17)(H2,18,19,20);;/t4-,6?,7?,10-;;/m1../s1. The number of fused-ring (bicyclic) bond motifs is 1. The third-order valence-electron chi connectivity index (χ3n) is 3.38. The predicted octanol–water partition coefficient (Wildman–Crippen LogP) is -2.16. The summed E-state index contributed by atoms with van der Waals surface area (Å²) in [5, 5.41) is 20.0. The quantitative estimate of drug-likeness (QED) is 0.203. The Morgan fingerprint density at radius 2 is 1.96 bits per heavy atom. The summed E-state index contributed by atoms with van der Waals surface area (Å²) in [6, 6.07) is 0. The minimum absolute atomic E-state index is 0. The third-order valence-corrected chi connectivity index (χ3v) is 3.87. The van der Waals surface area contributed by atoms with Crippen molar-refractivity contribution in [1.29, 1.82) is 0 Å². The summed E-state index contributed by atoms with van der Waals surface area (Å²) in [5.41, 5.74) is -0.336. The van der Waals surface area contributed by atoms with Gasteiger partial charge < -0.3 is 29.7 Å². The van der Waals surface area contributed by atoms with Gasteiger partial charge in [0.2, 0.25) is 0 Å². The smallest absolute Gasteiger partial charge is 0.387 e. The Hall–Kier alpha value is -0.179. The van der Waals surface area contributed by atoms with E-state index in [9.17, 15) is 19.6 Å². The largest absolute Gasteiger partial charge is 0.469 e. The van der Waals surface area contributed by atoms with Crippen LogP contribution in [0.1, 0.15) is 6.23 Å². The fraction of sp³-hybridized carbons (Fsp3) is 0.500. The van der Waals surface area contributed by atoms with Gasteiger partial charge in [-0.05, 0) is 0 Å². The summed E-state index contributed by atoms with van der Waals surface area (Å²) in [7, 11) is -4.74. The summed E-state index contributed by atoms with van der Waals surface area (Å²) in [6.45, 7) is -0.625. The maximum absolute atomic E-state index is 11.6. The second-order valence-corrected chi connectivity index (χ2v) is 6.13. The van der Waals surface area contributed by atoms with Gasteiger partial charge in [-0.3, -0.25) is 13.9 Å². The fourth-order valence-electron chi connectivity index (χ4n) is 2.32. The van der Waals surface area contributed by atoms with Crippen molar-refractivity contribution in [2.75, 3.05) is 6.61 Å². The van der Waals surface area contributed by atoms with Gasteiger partial charge in [0.15, 0.2) is 17.4 Å². The Balaban J connectivity index is 0.00000156. The minimum Gasteiger partial charge on any atom is -0.387 e. The third kappa shape index (κ3) is 4.76. The number of aliphatic hydroxyl groups excluding tert-OH is 2. The summed E-state index contributed by atoms with van der Waals surface area (Å²) < 4.78 is 21.6. The van der Waals surface area contributed by atoms with Crippen molar-refractivity contribution in [3.8, 4) is 0 Å². The molecular formula is C10H13Ag2N4O8P. The van der Waals surface area contributed by atoms with Crippen LogP contribution in [0.2, 0.25) is 0 Å². The van der Waals surface area contributed by atoms with E-state index in [4.69, 9.17) is 14.5 Å². The van der Waals surface area contributed by atoms with Crippen LogP contribution in [0.3, 0.4) is 0 Å². The van der Waals surface area contributed by atoms with Crippen molar-refractivity contribution >= 4 is 19.0 Å². The molecule has 0 saturated carbocycles. The second-order valence-electron chi connectivity index (χ2n) is 4.89. The van der Waals surface area contributed by atoms with Gasteiger partial charge in [0, 0.05) is 44.8 Å². The van der Waals surface area contributed by atoms with Crippen molar-refractivity contribution in [2.45, 2.75) is 24.5 Å². The van der Waals surface area contributed by atoms with Crippen LogP contribution in [0, 0.1) is 0 Å². The van der Waals surface area contributed by atoms with E-state index in [1.54, 1.807) is 0 Å². The number of aliphatic hydroxyl groups is 2. The molecule has 0 spiro atoms. The molecular weight excluding hydrogens is 551 g/mol. The number of hydrogen-bond donors (Lipinski definition) is 5. The summed E-state index contributed by atoms with van der Waals surface area (Å²) in [4.78, 5) is 39.1. The number of H-pyrrole nitrogens is 1. The SMILES string of the molecule is O=c1[nH]cnc2c1ncn2[C@@H]1O[C@H](COP(=O)(O)O)C(O)C1O.[Ag].[Ag]. The van der Waals surface area contributed by atoms with Crippen LogP contribution in [0.4, 0.5) is 0 Å². The van der Waals surface area contributed by atoms with Crippen LogP contribution in [0.15, 0.2) is 17.4 Å². The zero-order valence-electron chi connectivity index (χ0n) is 12.0. The zero-order chi connectivity index (χ0) is 16.8. The first kappa shape index (κ1) is 22.9. The van der Waals surface area contributed by atoms with Crippen LogP contribution in [0.25, 0.3) is 11.2 Å². The molecule has 3 heterocycles.